The van der Waals surface area contributed by atoms with Crippen LogP contribution in [0.25, 0.3) is 0 Å². The minimum absolute atomic E-state index is 0.0740. The molecule has 0 saturated carbocycles. The van der Waals surface area contributed by atoms with Crippen LogP contribution in [-0.2, 0) is 19.1 Å². The lowest BCUT2D eigenvalue weighted by atomic mass is 10.1. The van der Waals surface area contributed by atoms with E-state index in [-0.39, 0.29) is 18.6 Å². The average Bonchev–Trinajstić information content (AvgIpc) is 2.39. The molecule has 20 heavy (non-hydrogen) atoms. The van der Waals surface area contributed by atoms with Crippen molar-refractivity contribution >= 4 is 17.8 Å². The van der Waals surface area contributed by atoms with Crippen LogP contribution in [0.5, 0.6) is 0 Å². The van der Waals surface area contributed by atoms with Gasteiger partial charge in [0.25, 0.3) is 0 Å². The van der Waals surface area contributed by atoms with E-state index < -0.39 is 24.3 Å². The van der Waals surface area contributed by atoms with Crippen LogP contribution in [0.1, 0.15) is 46.0 Å². The van der Waals surface area contributed by atoms with Gasteiger partial charge in [0.15, 0.2) is 0 Å². The largest absolute Gasteiger partial charge is 0.481 e. The second-order valence-electron chi connectivity index (χ2n) is 4.60. The van der Waals surface area contributed by atoms with Gasteiger partial charge in [-0.15, -0.1) is 0 Å². The van der Waals surface area contributed by atoms with E-state index in [0.29, 0.717) is 12.8 Å². The highest BCUT2D eigenvalue weighted by Crippen LogP contribution is 2.00. The zero-order valence-corrected chi connectivity index (χ0v) is 12.1. The molecule has 0 radical (unpaired) electrons. The van der Waals surface area contributed by atoms with Gasteiger partial charge in [-0.2, -0.15) is 0 Å². The number of nitrogens with two attached hydrogens (primary N) is 1. The molecule has 7 nitrogen and oxygen atoms in total. The van der Waals surface area contributed by atoms with Crippen LogP contribution in [0, 0.1) is 0 Å². The van der Waals surface area contributed by atoms with Crippen molar-refractivity contribution in [2.24, 2.45) is 5.73 Å². The fourth-order valence-electron chi connectivity index (χ4n) is 1.44. The second-order valence-corrected chi connectivity index (χ2v) is 4.60. The van der Waals surface area contributed by atoms with Gasteiger partial charge in [0.05, 0.1) is 18.5 Å². The van der Waals surface area contributed by atoms with Crippen molar-refractivity contribution in [1.29, 1.82) is 0 Å². The molecule has 116 valence electrons. The van der Waals surface area contributed by atoms with Crippen LogP contribution in [0.3, 0.4) is 0 Å². The SMILES string of the molecule is CCCCC(=O)OC[C@@H](CC)NC(=O)[C@H](N)CC(=O)O. The van der Waals surface area contributed by atoms with Gasteiger partial charge in [-0.3, -0.25) is 14.4 Å². The van der Waals surface area contributed by atoms with E-state index >= 15 is 0 Å². The van der Waals surface area contributed by atoms with Crippen molar-refractivity contribution in [3.05, 3.63) is 0 Å². The molecule has 0 spiro atoms. The van der Waals surface area contributed by atoms with E-state index in [0.717, 1.165) is 12.8 Å². The number of esters is 1. The van der Waals surface area contributed by atoms with Crippen molar-refractivity contribution in [2.75, 3.05) is 6.61 Å². The average molecular weight is 288 g/mol. The lowest BCUT2D eigenvalue weighted by Gasteiger charge is -2.19. The maximum Gasteiger partial charge on any atom is 0.305 e. The van der Waals surface area contributed by atoms with Gasteiger partial charge in [-0.25, -0.2) is 0 Å². The van der Waals surface area contributed by atoms with E-state index in [2.05, 4.69) is 5.32 Å². The first-order valence-corrected chi connectivity index (χ1v) is 6.84. The molecule has 0 aromatic carbocycles. The van der Waals surface area contributed by atoms with Gasteiger partial charge in [0.2, 0.25) is 5.91 Å². The maximum atomic E-state index is 11.6. The van der Waals surface area contributed by atoms with Gasteiger partial charge in [-0.05, 0) is 12.8 Å². The van der Waals surface area contributed by atoms with Crippen molar-refractivity contribution in [3.63, 3.8) is 0 Å². The number of amides is 1. The number of carboxylic acid groups (broad SMARTS) is 1. The summed E-state index contributed by atoms with van der Waals surface area (Å²) in [5.74, 6) is -1.98. The number of rotatable bonds is 10. The van der Waals surface area contributed by atoms with Crippen molar-refractivity contribution in [2.45, 2.75) is 58.0 Å². The number of carboxylic acids is 1. The maximum absolute atomic E-state index is 11.6. The van der Waals surface area contributed by atoms with Gasteiger partial charge in [0.1, 0.15) is 6.61 Å². The van der Waals surface area contributed by atoms with Crippen LogP contribution in [0.2, 0.25) is 0 Å². The zero-order chi connectivity index (χ0) is 15.5. The Morgan fingerprint density at radius 1 is 1.30 bits per heavy atom. The Balaban J connectivity index is 4.11. The highest BCUT2D eigenvalue weighted by molar-refractivity contribution is 5.86. The normalized spacial score (nSPS) is 13.3. The van der Waals surface area contributed by atoms with Crippen LogP contribution in [0.15, 0.2) is 0 Å². The van der Waals surface area contributed by atoms with E-state index in [4.69, 9.17) is 15.6 Å². The van der Waals surface area contributed by atoms with Crippen LogP contribution >= 0.6 is 0 Å². The van der Waals surface area contributed by atoms with Gasteiger partial charge < -0.3 is 20.9 Å². The number of carbonyl (C=O) groups excluding carboxylic acids is 2. The summed E-state index contributed by atoms with van der Waals surface area (Å²) in [6.45, 7) is 3.88. The standard InChI is InChI=1S/C13H24N2O5/c1-3-5-6-12(18)20-8-9(4-2)15-13(19)10(14)7-11(16)17/h9-10H,3-8,14H2,1-2H3,(H,15,19)(H,16,17)/t9-,10-/m1/s1. The van der Waals surface area contributed by atoms with Crippen molar-refractivity contribution in [3.8, 4) is 0 Å². The molecule has 0 heterocycles. The Labute approximate surface area is 118 Å². The summed E-state index contributed by atoms with van der Waals surface area (Å²) in [6, 6.07) is -1.45. The number of nitrogens with one attached hydrogen (secondary N) is 1. The van der Waals surface area contributed by atoms with Crippen molar-refractivity contribution < 1.29 is 24.2 Å². The third kappa shape index (κ3) is 8.47. The van der Waals surface area contributed by atoms with Gasteiger partial charge in [0, 0.05) is 6.42 Å². The minimum atomic E-state index is -1.13. The number of carbonyl (C=O) groups is 3. The lowest BCUT2D eigenvalue weighted by Crippen LogP contribution is -2.47. The van der Waals surface area contributed by atoms with E-state index in [1.165, 1.54) is 0 Å². The number of unbranched alkanes of at least 4 members (excludes halogenated alkanes) is 1. The number of ether oxygens (including phenoxy) is 1. The summed E-state index contributed by atoms with van der Waals surface area (Å²) >= 11 is 0. The molecule has 1 amide bonds. The fraction of sp³-hybridized carbons (Fsp3) is 0.769. The minimum Gasteiger partial charge on any atom is -0.481 e. The first kappa shape index (κ1) is 18.4. The van der Waals surface area contributed by atoms with E-state index in [1.54, 1.807) is 0 Å². The van der Waals surface area contributed by atoms with E-state index in [1.807, 2.05) is 13.8 Å². The van der Waals surface area contributed by atoms with Crippen LogP contribution in [-0.4, -0.2) is 41.6 Å². The van der Waals surface area contributed by atoms with Crippen LogP contribution < -0.4 is 11.1 Å². The predicted octanol–water partition coefficient (Wildman–Crippen LogP) is 0.417. The Bertz CT molecular complexity index is 333. The number of hydrogen-bond donors (Lipinski definition) is 3. The molecule has 0 bridgehead atoms. The molecular formula is C13H24N2O5. The highest BCUT2D eigenvalue weighted by atomic mass is 16.5. The zero-order valence-electron chi connectivity index (χ0n) is 12.1. The summed E-state index contributed by atoms with van der Waals surface area (Å²) in [5.41, 5.74) is 5.44. The smallest absolute Gasteiger partial charge is 0.305 e. The molecular weight excluding hydrogens is 264 g/mol. The van der Waals surface area contributed by atoms with Crippen molar-refractivity contribution in [1.82, 2.24) is 5.32 Å². The summed E-state index contributed by atoms with van der Waals surface area (Å²) in [5, 5.41) is 11.1. The fourth-order valence-corrected chi connectivity index (χ4v) is 1.44. The quantitative estimate of drug-likeness (QED) is 0.501. The monoisotopic (exact) mass is 288 g/mol. The molecule has 0 fully saturated rings. The molecule has 0 aliphatic carbocycles. The lowest BCUT2D eigenvalue weighted by molar-refractivity contribution is -0.145. The first-order chi connectivity index (χ1) is 9.40. The Morgan fingerprint density at radius 2 is 1.95 bits per heavy atom. The Kier molecular flexibility index (Phi) is 9.36. The number of aliphatic carboxylic acids is 1. The summed E-state index contributed by atoms with van der Waals surface area (Å²) < 4.78 is 5.05. The Morgan fingerprint density at radius 3 is 2.45 bits per heavy atom. The third-order valence-corrected chi connectivity index (χ3v) is 2.75. The van der Waals surface area contributed by atoms with Gasteiger partial charge >= 0.3 is 11.9 Å². The molecule has 7 heteroatoms. The summed E-state index contributed by atoms with van der Waals surface area (Å²) in [6.07, 6.45) is 2.17. The first-order valence-electron chi connectivity index (χ1n) is 6.84. The molecule has 0 aromatic heterocycles. The van der Waals surface area contributed by atoms with E-state index in [9.17, 15) is 14.4 Å². The molecule has 0 aliphatic rings. The summed E-state index contributed by atoms with van der Waals surface area (Å²) in [4.78, 5) is 33.4. The van der Waals surface area contributed by atoms with Gasteiger partial charge in [-0.1, -0.05) is 20.3 Å². The second kappa shape index (κ2) is 10.2. The summed E-state index contributed by atoms with van der Waals surface area (Å²) in [7, 11) is 0. The highest BCUT2D eigenvalue weighted by Gasteiger charge is 2.20. The predicted molar refractivity (Wildman–Crippen MR) is 72.9 cm³/mol. The number of hydrogen-bond acceptors (Lipinski definition) is 5. The molecule has 0 aromatic rings. The molecule has 4 N–H and O–H groups in total. The Hall–Kier alpha value is -1.63. The molecule has 0 unspecified atom stereocenters. The molecule has 2 atom stereocenters. The molecule has 0 saturated heterocycles. The van der Waals surface area contributed by atoms with Crippen LogP contribution in [0.4, 0.5) is 0 Å². The topological polar surface area (TPSA) is 119 Å². The molecule has 0 rings (SSSR count). The third-order valence-electron chi connectivity index (χ3n) is 2.75. The molecule has 0 aliphatic heterocycles.